The summed E-state index contributed by atoms with van der Waals surface area (Å²) < 4.78 is 9.28. The minimum absolute atomic E-state index is 0.00228. The Morgan fingerprint density at radius 2 is 1.29 bits per heavy atom. The highest BCUT2D eigenvalue weighted by atomic mass is 16.6. The zero-order valence-electron chi connectivity index (χ0n) is 9.67. The summed E-state index contributed by atoms with van der Waals surface area (Å²) in [6.45, 7) is 1.56. The van der Waals surface area contributed by atoms with E-state index >= 15 is 0 Å². The fourth-order valence-electron chi connectivity index (χ4n) is 1.15. The molecule has 0 aliphatic heterocycles. The van der Waals surface area contributed by atoms with E-state index < -0.39 is 30.4 Å². The fraction of sp³-hybridized carbons (Fsp3) is 0.778. The number of carbonyl (C=O) groups excluding carboxylic acids is 2. The maximum absolute atomic E-state index is 11.6. The van der Waals surface area contributed by atoms with E-state index in [1.165, 1.54) is 13.8 Å². The molecule has 0 N–H and O–H groups in total. The third kappa shape index (κ3) is 3.58. The number of hydrogen-bond donors (Lipinski definition) is 0. The molecule has 0 aromatic heterocycles. The summed E-state index contributed by atoms with van der Waals surface area (Å²) in [6, 6.07) is 0. The van der Waals surface area contributed by atoms with Gasteiger partial charge in [-0.1, -0.05) is 10.4 Å². The van der Waals surface area contributed by atoms with Crippen molar-refractivity contribution in [1.82, 2.24) is 0 Å². The standard InChI is InChI=1S/C9H14N2O6/c1-3-16-7(12)9(5-10-14,6-11-15)8(13)17-4-2/h3-6H2,1-2H3. The van der Waals surface area contributed by atoms with Crippen LogP contribution in [-0.2, 0) is 19.1 Å². The monoisotopic (exact) mass is 246 g/mol. The van der Waals surface area contributed by atoms with Crippen LogP contribution in [0, 0.1) is 15.2 Å². The molecular weight excluding hydrogens is 232 g/mol. The zero-order chi connectivity index (χ0) is 13.3. The third-order valence-corrected chi connectivity index (χ3v) is 2.00. The maximum Gasteiger partial charge on any atom is 0.327 e. The highest BCUT2D eigenvalue weighted by molar-refractivity contribution is 6.00. The van der Waals surface area contributed by atoms with Gasteiger partial charge in [0.2, 0.25) is 5.41 Å². The van der Waals surface area contributed by atoms with Crippen LogP contribution in [0.3, 0.4) is 0 Å². The van der Waals surface area contributed by atoms with E-state index in [1.807, 2.05) is 0 Å². The molecule has 8 heteroatoms. The summed E-state index contributed by atoms with van der Waals surface area (Å²) in [5.41, 5.74) is -2.06. The second kappa shape index (κ2) is 7.42. The van der Waals surface area contributed by atoms with Gasteiger partial charge < -0.3 is 9.47 Å². The first kappa shape index (κ1) is 15.1. The Balaban J connectivity index is 5.23. The molecule has 0 spiro atoms. The lowest BCUT2D eigenvalue weighted by atomic mass is 9.88. The Bertz CT molecular complexity index is 274. The molecule has 0 aromatic carbocycles. The number of esters is 2. The van der Waals surface area contributed by atoms with Crippen LogP contribution in [0.25, 0.3) is 0 Å². The van der Waals surface area contributed by atoms with Crippen molar-refractivity contribution >= 4 is 11.9 Å². The van der Waals surface area contributed by atoms with Crippen LogP contribution in [0.15, 0.2) is 10.4 Å². The molecule has 0 aromatic rings. The predicted molar refractivity (Wildman–Crippen MR) is 57.0 cm³/mol. The van der Waals surface area contributed by atoms with Crippen molar-refractivity contribution in [2.75, 3.05) is 26.3 Å². The van der Waals surface area contributed by atoms with Gasteiger partial charge in [0.15, 0.2) is 0 Å². The van der Waals surface area contributed by atoms with Crippen LogP contribution < -0.4 is 0 Å². The Labute approximate surface area is 97.6 Å². The first-order valence-corrected chi connectivity index (χ1v) is 5.01. The van der Waals surface area contributed by atoms with E-state index in [-0.39, 0.29) is 13.2 Å². The number of nitrogens with zero attached hydrogens (tertiary/aromatic N) is 2. The maximum atomic E-state index is 11.6. The average Bonchev–Trinajstić information content (AvgIpc) is 2.29. The first-order valence-electron chi connectivity index (χ1n) is 5.01. The van der Waals surface area contributed by atoms with Crippen molar-refractivity contribution in [3.63, 3.8) is 0 Å². The molecule has 0 radical (unpaired) electrons. The fourth-order valence-corrected chi connectivity index (χ4v) is 1.15. The number of ether oxygens (including phenoxy) is 2. The number of rotatable bonds is 8. The topological polar surface area (TPSA) is 111 Å². The molecule has 0 rings (SSSR count). The average molecular weight is 246 g/mol. The molecule has 0 unspecified atom stereocenters. The number of carbonyl (C=O) groups is 2. The van der Waals surface area contributed by atoms with Gasteiger partial charge >= 0.3 is 11.9 Å². The summed E-state index contributed by atoms with van der Waals surface area (Å²) in [5, 5.41) is 4.97. The highest BCUT2D eigenvalue weighted by Crippen LogP contribution is 2.23. The zero-order valence-corrected chi connectivity index (χ0v) is 9.67. The molecule has 0 aliphatic carbocycles. The van der Waals surface area contributed by atoms with Gasteiger partial charge in [-0.05, 0) is 13.8 Å². The first-order chi connectivity index (χ1) is 8.08. The van der Waals surface area contributed by atoms with E-state index in [0.29, 0.717) is 0 Å². The summed E-state index contributed by atoms with van der Waals surface area (Å²) in [4.78, 5) is 43.9. The second-order valence-corrected chi connectivity index (χ2v) is 3.10. The van der Waals surface area contributed by atoms with Gasteiger partial charge in [0, 0.05) is 0 Å². The third-order valence-electron chi connectivity index (χ3n) is 2.00. The van der Waals surface area contributed by atoms with E-state index in [2.05, 4.69) is 19.8 Å². The van der Waals surface area contributed by atoms with Crippen LogP contribution in [0.2, 0.25) is 0 Å². The van der Waals surface area contributed by atoms with Crippen molar-refractivity contribution in [3.8, 4) is 0 Å². The molecule has 0 atom stereocenters. The van der Waals surface area contributed by atoms with Crippen molar-refractivity contribution in [2.24, 2.45) is 15.8 Å². The van der Waals surface area contributed by atoms with E-state index in [4.69, 9.17) is 0 Å². The molecule has 0 aliphatic rings. The summed E-state index contributed by atoms with van der Waals surface area (Å²) in [5.74, 6) is -2.06. The normalized spacial score (nSPS) is 10.5. The van der Waals surface area contributed by atoms with Crippen LogP contribution >= 0.6 is 0 Å². The van der Waals surface area contributed by atoms with E-state index in [1.54, 1.807) is 0 Å². The summed E-state index contributed by atoms with van der Waals surface area (Å²) in [6.07, 6.45) is 0. The minimum atomic E-state index is -2.06. The molecule has 8 nitrogen and oxygen atoms in total. The largest absolute Gasteiger partial charge is 0.465 e. The molecule has 0 bridgehead atoms. The van der Waals surface area contributed by atoms with Crippen LogP contribution in [0.1, 0.15) is 13.8 Å². The molecule has 0 saturated carbocycles. The highest BCUT2D eigenvalue weighted by Gasteiger charge is 2.50. The van der Waals surface area contributed by atoms with Crippen LogP contribution in [-0.4, -0.2) is 38.2 Å². The Hall–Kier alpha value is -1.86. The Morgan fingerprint density at radius 1 is 0.941 bits per heavy atom. The van der Waals surface area contributed by atoms with Crippen molar-refractivity contribution in [3.05, 3.63) is 9.81 Å². The lowest BCUT2D eigenvalue weighted by Gasteiger charge is -2.23. The van der Waals surface area contributed by atoms with Gasteiger partial charge in [-0.2, -0.15) is 9.81 Å². The van der Waals surface area contributed by atoms with Gasteiger partial charge in [0.25, 0.3) is 0 Å². The Kier molecular flexibility index (Phi) is 6.61. The minimum Gasteiger partial charge on any atom is -0.465 e. The van der Waals surface area contributed by atoms with E-state index in [9.17, 15) is 19.4 Å². The SMILES string of the molecule is CCOC(=O)C(CN=O)(CN=O)C(=O)OCC. The molecule has 0 saturated heterocycles. The van der Waals surface area contributed by atoms with Crippen LogP contribution in [0.5, 0.6) is 0 Å². The van der Waals surface area contributed by atoms with Crippen LogP contribution in [0.4, 0.5) is 0 Å². The van der Waals surface area contributed by atoms with Gasteiger partial charge in [-0.15, -0.1) is 0 Å². The van der Waals surface area contributed by atoms with Gasteiger partial charge in [0.05, 0.1) is 13.2 Å². The van der Waals surface area contributed by atoms with Gasteiger partial charge in [0.1, 0.15) is 13.1 Å². The number of nitroso groups, excluding NO2 is 2. The van der Waals surface area contributed by atoms with Crippen molar-refractivity contribution in [1.29, 1.82) is 0 Å². The Morgan fingerprint density at radius 3 is 1.53 bits per heavy atom. The number of hydrogen-bond acceptors (Lipinski definition) is 8. The van der Waals surface area contributed by atoms with Crippen molar-refractivity contribution in [2.45, 2.75) is 13.8 Å². The smallest absolute Gasteiger partial charge is 0.327 e. The lowest BCUT2D eigenvalue weighted by Crippen LogP contribution is -2.47. The quantitative estimate of drug-likeness (QED) is 0.352. The van der Waals surface area contributed by atoms with Gasteiger partial charge in [-0.25, -0.2) is 0 Å². The predicted octanol–water partition coefficient (Wildman–Crippen LogP) is 0.632. The summed E-state index contributed by atoms with van der Waals surface area (Å²) in [7, 11) is 0. The van der Waals surface area contributed by atoms with E-state index in [0.717, 1.165) is 0 Å². The summed E-state index contributed by atoms with van der Waals surface area (Å²) >= 11 is 0. The molecule has 17 heavy (non-hydrogen) atoms. The molecule has 0 heterocycles. The molecule has 0 amide bonds. The molecule has 96 valence electrons. The second-order valence-electron chi connectivity index (χ2n) is 3.10. The molecular formula is C9H14N2O6. The lowest BCUT2D eigenvalue weighted by molar-refractivity contribution is -0.170. The van der Waals surface area contributed by atoms with Crippen molar-refractivity contribution < 1.29 is 19.1 Å². The van der Waals surface area contributed by atoms with Gasteiger partial charge in [-0.3, -0.25) is 9.59 Å². The molecule has 0 fully saturated rings.